The Labute approximate surface area is 115 Å². The van der Waals surface area contributed by atoms with Crippen LogP contribution in [0.25, 0.3) is 11.0 Å². The van der Waals surface area contributed by atoms with Gasteiger partial charge in [-0.3, -0.25) is 4.79 Å². The first-order chi connectivity index (χ1) is 9.65. The van der Waals surface area contributed by atoms with E-state index in [4.69, 9.17) is 4.42 Å². The maximum atomic E-state index is 12.1. The van der Waals surface area contributed by atoms with Gasteiger partial charge in [0, 0.05) is 0 Å². The molecule has 6 nitrogen and oxygen atoms in total. The topological polar surface area (TPSA) is 83.8 Å². The molecule has 0 aliphatic heterocycles. The third-order valence-electron chi connectivity index (χ3n) is 3.13. The zero-order valence-corrected chi connectivity index (χ0v) is 11.2. The van der Waals surface area contributed by atoms with E-state index in [0.29, 0.717) is 17.3 Å². The summed E-state index contributed by atoms with van der Waals surface area (Å²) in [5.74, 6) is 0.934. The molecule has 0 fully saturated rings. The third-order valence-corrected chi connectivity index (χ3v) is 3.13. The van der Waals surface area contributed by atoms with E-state index < -0.39 is 0 Å². The van der Waals surface area contributed by atoms with Gasteiger partial charge >= 0.3 is 0 Å². The molecule has 2 aromatic heterocycles. The second-order valence-electron chi connectivity index (χ2n) is 4.59. The van der Waals surface area contributed by atoms with Crippen molar-refractivity contribution in [2.45, 2.75) is 19.9 Å². The lowest BCUT2D eigenvalue weighted by Crippen LogP contribution is -2.28. The van der Waals surface area contributed by atoms with Gasteiger partial charge in [-0.05, 0) is 26.0 Å². The van der Waals surface area contributed by atoms with Crippen molar-refractivity contribution in [3.05, 3.63) is 47.9 Å². The molecular formula is C14H14N4O2. The minimum Gasteiger partial charge on any atom is -0.448 e. The fourth-order valence-electron chi connectivity index (χ4n) is 2.03. The lowest BCUT2D eigenvalue weighted by Gasteiger charge is -2.10. The summed E-state index contributed by atoms with van der Waals surface area (Å²) >= 11 is 0. The quantitative estimate of drug-likeness (QED) is 0.765. The molecule has 1 aromatic carbocycles. The number of carbonyl (C=O) groups excluding carboxylic acids is 1. The number of H-pyrrole nitrogens is 1. The van der Waals surface area contributed by atoms with E-state index in [2.05, 4.69) is 20.3 Å². The van der Waals surface area contributed by atoms with E-state index in [1.807, 2.05) is 31.2 Å². The first kappa shape index (κ1) is 12.4. The average molecular weight is 270 g/mol. The fourth-order valence-corrected chi connectivity index (χ4v) is 2.03. The number of aromatic nitrogens is 3. The van der Waals surface area contributed by atoms with Gasteiger partial charge in [-0.2, -0.15) is 0 Å². The minimum absolute atomic E-state index is 0.244. The van der Waals surface area contributed by atoms with Gasteiger partial charge in [0.15, 0.2) is 12.1 Å². The molecule has 2 heterocycles. The van der Waals surface area contributed by atoms with Gasteiger partial charge in [0.1, 0.15) is 11.6 Å². The van der Waals surface area contributed by atoms with Gasteiger partial charge in [-0.1, -0.05) is 12.1 Å². The van der Waals surface area contributed by atoms with Crippen LogP contribution in [0.3, 0.4) is 0 Å². The van der Waals surface area contributed by atoms with E-state index >= 15 is 0 Å². The number of fused-ring (bicyclic) bond motifs is 1. The molecule has 0 unspecified atom stereocenters. The molecule has 3 rings (SSSR count). The van der Waals surface area contributed by atoms with Crippen LogP contribution in [0.4, 0.5) is 0 Å². The summed E-state index contributed by atoms with van der Waals surface area (Å²) in [4.78, 5) is 23.6. The Balaban J connectivity index is 1.80. The van der Waals surface area contributed by atoms with Crippen LogP contribution >= 0.6 is 0 Å². The molecular weight excluding hydrogens is 256 g/mol. The van der Waals surface area contributed by atoms with Gasteiger partial charge in [0.2, 0.25) is 0 Å². The number of aromatic amines is 1. The summed E-state index contributed by atoms with van der Waals surface area (Å²) in [6.07, 6.45) is 1.26. The summed E-state index contributed by atoms with van der Waals surface area (Å²) < 4.78 is 5.03. The molecule has 0 bridgehead atoms. The van der Waals surface area contributed by atoms with Crippen molar-refractivity contribution < 1.29 is 9.21 Å². The monoisotopic (exact) mass is 270 g/mol. The highest BCUT2D eigenvalue weighted by Crippen LogP contribution is 2.16. The maximum Gasteiger partial charge on any atom is 0.274 e. The van der Waals surface area contributed by atoms with E-state index in [9.17, 15) is 4.79 Å². The number of para-hydroxylation sites is 2. The van der Waals surface area contributed by atoms with Crippen LogP contribution in [0.1, 0.15) is 35.0 Å². The normalized spacial score (nSPS) is 12.5. The number of imidazole rings is 1. The first-order valence-corrected chi connectivity index (χ1v) is 6.31. The summed E-state index contributed by atoms with van der Waals surface area (Å²) in [5.41, 5.74) is 2.12. The Morgan fingerprint density at radius 1 is 1.40 bits per heavy atom. The number of amides is 1. The van der Waals surface area contributed by atoms with Crippen molar-refractivity contribution in [1.29, 1.82) is 0 Å². The number of hydrogen-bond donors (Lipinski definition) is 2. The Morgan fingerprint density at radius 2 is 2.20 bits per heavy atom. The molecule has 2 N–H and O–H groups in total. The lowest BCUT2D eigenvalue weighted by atomic mass is 10.3. The van der Waals surface area contributed by atoms with Crippen LogP contribution in [0.5, 0.6) is 0 Å². The van der Waals surface area contributed by atoms with Crippen LogP contribution < -0.4 is 5.32 Å². The largest absolute Gasteiger partial charge is 0.448 e. The number of rotatable bonds is 3. The molecule has 0 saturated heterocycles. The Bertz CT molecular complexity index is 726. The van der Waals surface area contributed by atoms with Crippen molar-refractivity contribution in [2.75, 3.05) is 0 Å². The Hall–Kier alpha value is -2.63. The van der Waals surface area contributed by atoms with Gasteiger partial charge < -0.3 is 14.7 Å². The minimum atomic E-state index is -0.274. The van der Waals surface area contributed by atoms with E-state index in [-0.39, 0.29) is 11.9 Å². The highest BCUT2D eigenvalue weighted by Gasteiger charge is 2.18. The molecule has 0 radical (unpaired) electrons. The van der Waals surface area contributed by atoms with Crippen molar-refractivity contribution in [2.24, 2.45) is 0 Å². The van der Waals surface area contributed by atoms with Crippen molar-refractivity contribution in [1.82, 2.24) is 20.3 Å². The fraction of sp³-hybridized carbons (Fsp3) is 0.214. The third kappa shape index (κ3) is 2.16. The van der Waals surface area contributed by atoms with Crippen LogP contribution in [0.2, 0.25) is 0 Å². The molecule has 0 saturated carbocycles. The lowest BCUT2D eigenvalue weighted by molar-refractivity contribution is 0.0932. The smallest absolute Gasteiger partial charge is 0.274 e. The van der Waals surface area contributed by atoms with Gasteiger partial charge in [0.05, 0.1) is 17.1 Å². The number of carbonyl (C=O) groups is 1. The number of benzene rings is 1. The van der Waals surface area contributed by atoms with E-state index in [0.717, 1.165) is 11.0 Å². The van der Waals surface area contributed by atoms with Crippen LogP contribution in [0, 0.1) is 6.92 Å². The zero-order valence-electron chi connectivity index (χ0n) is 11.2. The highest BCUT2D eigenvalue weighted by molar-refractivity contribution is 5.93. The zero-order chi connectivity index (χ0) is 14.1. The van der Waals surface area contributed by atoms with E-state index in [1.54, 1.807) is 6.92 Å². The number of oxazole rings is 1. The molecule has 20 heavy (non-hydrogen) atoms. The number of hydrogen-bond acceptors (Lipinski definition) is 4. The summed E-state index contributed by atoms with van der Waals surface area (Å²) in [6.45, 7) is 3.57. The standard InChI is InChI=1S/C14H14N4O2/c1-8(16-14(19)12-9(2)20-7-15-12)13-17-10-5-3-4-6-11(10)18-13/h3-8H,1-2H3,(H,16,19)(H,17,18)/t8-/m1/s1. The van der Waals surface area contributed by atoms with Crippen molar-refractivity contribution in [3.8, 4) is 0 Å². The Kier molecular flexibility index (Phi) is 2.98. The first-order valence-electron chi connectivity index (χ1n) is 6.31. The molecule has 0 spiro atoms. The van der Waals surface area contributed by atoms with Crippen LogP contribution in [-0.2, 0) is 0 Å². The van der Waals surface area contributed by atoms with Gasteiger partial charge in [-0.25, -0.2) is 9.97 Å². The van der Waals surface area contributed by atoms with Crippen molar-refractivity contribution >= 4 is 16.9 Å². The predicted octanol–water partition coefficient (Wildman–Crippen LogP) is 2.35. The maximum absolute atomic E-state index is 12.1. The SMILES string of the molecule is Cc1ocnc1C(=O)N[C@H](C)c1nc2ccccc2[nH]1. The molecule has 0 aliphatic rings. The van der Waals surface area contributed by atoms with Crippen molar-refractivity contribution in [3.63, 3.8) is 0 Å². The second kappa shape index (κ2) is 4.80. The average Bonchev–Trinajstić information content (AvgIpc) is 3.04. The molecule has 1 amide bonds. The molecule has 1 atom stereocenters. The molecule has 6 heteroatoms. The molecule has 3 aromatic rings. The number of aryl methyl sites for hydroxylation is 1. The highest BCUT2D eigenvalue weighted by atomic mass is 16.3. The summed E-state index contributed by atoms with van der Waals surface area (Å²) in [7, 11) is 0. The summed E-state index contributed by atoms with van der Waals surface area (Å²) in [5, 5.41) is 2.85. The second-order valence-corrected chi connectivity index (χ2v) is 4.59. The molecule has 0 aliphatic carbocycles. The van der Waals surface area contributed by atoms with E-state index in [1.165, 1.54) is 6.39 Å². The number of nitrogens with one attached hydrogen (secondary N) is 2. The predicted molar refractivity (Wildman–Crippen MR) is 73.2 cm³/mol. The molecule has 102 valence electrons. The summed E-state index contributed by atoms with van der Waals surface area (Å²) in [6, 6.07) is 7.49. The van der Waals surface area contributed by atoms with Gasteiger partial charge in [-0.15, -0.1) is 0 Å². The Morgan fingerprint density at radius 3 is 2.90 bits per heavy atom. The van der Waals surface area contributed by atoms with Gasteiger partial charge in [0.25, 0.3) is 5.91 Å². The number of nitrogens with zero attached hydrogens (tertiary/aromatic N) is 2. The van der Waals surface area contributed by atoms with Crippen LogP contribution in [0.15, 0.2) is 35.1 Å². The van der Waals surface area contributed by atoms with Crippen LogP contribution in [-0.4, -0.2) is 20.9 Å².